The van der Waals surface area contributed by atoms with Crippen LogP contribution in [-0.2, 0) is 9.59 Å². The van der Waals surface area contributed by atoms with Gasteiger partial charge >= 0.3 is 5.97 Å². The van der Waals surface area contributed by atoms with Crippen LogP contribution < -0.4 is 20.5 Å². The van der Waals surface area contributed by atoms with Gasteiger partial charge in [0, 0.05) is 30.4 Å². The number of nitrogens with one attached hydrogen (secondary N) is 1. The summed E-state index contributed by atoms with van der Waals surface area (Å²) in [6, 6.07) is 26.3. The number of carbonyl (C=O) groups excluding carboxylic acids is 1. The number of carbonyl (C=O) groups is 2. The molecule has 2 fully saturated rings. The number of ether oxygens (including phenoxy) is 2. The number of benzene rings is 2. The van der Waals surface area contributed by atoms with Crippen molar-refractivity contribution in [3.05, 3.63) is 120 Å². The highest BCUT2D eigenvalue weighted by atomic mass is 16.5. The zero-order valence-electron chi connectivity index (χ0n) is 29.3. The highest BCUT2D eigenvalue weighted by Crippen LogP contribution is 2.48. The molecule has 0 aliphatic heterocycles. The van der Waals surface area contributed by atoms with E-state index in [-0.39, 0.29) is 48.8 Å². The van der Waals surface area contributed by atoms with Gasteiger partial charge in [-0.3, -0.25) is 9.59 Å². The first-order chi connectivity index (χ1) is 24.8. The second-order valence-electron chi connectivity index (χ2n) is 12.6. The van der Waals surface area contributed by atoms with Crippen molar-refractivity contribution in [1.82, 2.24) is 15.3 Å². The third-order valence-electron chi connectivity index (χ3n) is 8.64. The first kappa shape index (κ1) is 39.0. The number of carboxylic acid groups (broad SMARTS) is 1. The van der Waals surface area contributed by atoms with Gasteiger partial charge in [-0.1, -0.05) is 80.6 Å². The zero-order chi connectivity index (χ0) is 36.6. The molecule has 2 aliphatic rings. The largest absolute Gasteiger partial charge is 0.481 e. The van der Waals surface area contributed by atoms with Gasteiger partial charge in [0.1, 0.15) is 0 Å². The molecule has 6 atom stereocenters. The Kier molecular flexibility index (Phi) is 15.4. The molecule has 6 N–H and O–H groups in total. The van der Waals surface area contributed by atoms with E-state index in [1.54, 1.807) is 24.5 Å². The summed E-state index contributed by atoms with van der Waals surface area (Å²) in [5.74, 6) is 0.875. The van der Waals surface area contributed by atoms with Crippen LogP contribution in [-0.4, -0.2) is 63.6 Å². The summed E-state index contributed by atoms with van der Waals surface area (Å²) in [4.78, 5) is 31.3. The van der Waals surface area contributed by atoms with E-state index in [0.717, 1.165) is 42.4 Å². The minimum atomic E-state index is -0.663. The lowest BCUT2D eigenvalue weighted by Gasteiger charge is -2.17. The monoisotopic (exact) mass is 698 g/mol. The summed E-state index contributed by atoms with van der Waals surface area (Å²) in [5.41, 5.74) is 9.56. The molecule has 6 rings (SSSR count). The predicted molar refractivity (Wildman–Crippen MR) is 194 cm³/mol. The van der Waals surface area contributed by atoms with E-state index in [1.807, 2.05) is 74.5 Å². The van der Waals surface area contributed by atoms with Gasteiger partial charge in [0.15, 0.2) is 0 Å². The Hall–Kier alpha value is -4.84. The Morgan fingerprint density at radius 2 is 1.24 bits per heavy atom. The molecule has 0 spiro atoms. The Morgan fingerprint density at radius 3 is 1.65 bits per heavy atom. The topological polar surface area (TPSA) is 177 Å². The first-order valence-corrected chi connectivity index (χ1v) is 17.6. The predicted octanol–water partition coefficient (Wildman–Crippen LogP) is 5.56. The number of aliphatic hydroxyl groups excluding tert-OH is 2. The minimum absolute atomic E-state index is 0.0146. The fraction of sp³-hybridized carbons (Fsp3) is 0.400. The maximum Gasteiger partial charge on any atom is 0.307 e. The molecule has 272 valence electrons. The van der Waals surface area contributed by atoms with Crippen LogP contribution in [0.2, 0.25) is 0 Å². The summed E-state index contributed by atoms with van der Waals surface area (Å²) in [5, 5.41) is 30.1. The standard InChI is InChI=1S/C20H24N2O3.C10H16N2O2.C10H10O2/c1-2-10-25-19-9-8-15(12-21-19)18(13-23)22-20(24)17-11-16(17)14-6-4-3-5-7-14;1-2-5-14-10-4-3-8(6-12-10)9(11)7-13;11-10(12)9-6-8(9)7-4-2-1-3-5-7/h3-9,12,16-18,23H,2,10-11,13H2,1H3,(H,22,24);3-4,6,9,13H,2,5,7,11H2,1H3;1-5,8-9H,6H2,(H,11,12)/t16-,17+,18+;9-;8-,9+/m101/s1. The summed E-state index contributed by atoms with van der Waals surface area (Å²) in [7, 11) is 0. The number of aromatic nitrogens is 2. The molecule has 0 radical (unpaired) electrons. The van der Waals surface area contributed by atoms with Gasteiger partial charge in [-0.15, -0.1) is 0 Å². The van der Waals surface area contributed by atoms with Crippen molar-refractivity contribution in [2.75, 3.05) is 26.4 Å². The number of aliphatic hydroxyl groups is 2. The van der Waals surface area contributed by atoms with Gasteiger partial charge in [0.05, 0.1) is 44.4 Å². The molecule has 11 heteroatoms. The van der Waals surface area contributed by atoms with Gasteiger partial charge in [0.2, 0.25) is 17.7 Å². The molecule has 2 aliphatic carbocycles. The van der Waals surface area contributed by atoms with Crippen molar-refractivity contribution in [2.24, 2.45) is 17.6 Å². The summed E-state index contributed by atoms with van der Waals surface area (Å²) in [6.07, 6.45) is 6.82. The molecule has 1 amide bonds. The van der Waals surface area contributed by atoms with Crippen molar-refractivity contribution in [3.8, 4) is 11.8 Å². The van der Waals surface area contributed by atoms with E-state index in [0.29, 0.717) is 25.0 Å². The molecule has 51 heavy (non-hydrogen) atoms. The van der Waals surface area contributed by atoms with Crippen LogP contribution in [0.5, 0.6) is 11.8 Å². The molecule has 0 bridgehead atoms. The van der Waals surface area contributed by atoms with Crippen LogP contribution >= 0.6 is 0 Å². The van der Waals surface area contributed by atoms with Crippen LogP contribution in [0.25, 0.3) is 0 Å². The van der Waals surface area contributed by atoms with Crippen molar-refractivity contribution in [3.63, 3.8) is 0 Å². The van der Waals surface area contributed by atoms with Gasteiger partial charge in [-0.05, 0) is 65.8 Å². The van der Waals surface area contributed by atoms with Crippen LogP contribution in [0, 0.1) is 11.8 Å². The third-order valence-corrected chi connectivity index (χ3v) is 8.64. The Morgan fingerprint density at radius 1 is 0.745 bits per heavy atom. The van der Waals surface area contributed by atoms with Crippen LogP contribution in [0.3, 0.4) is 0 Å². The number of nitrogens with two attached hydrogens (primary N) is 1. The second kappa shape index (κ2) is 20.1. The number of hydrogen-bond acceptors (Lipinski definition) is 9. The normalized spacial score (nSPS) is 19.5. The van der Waals surface area contributed by atoms with Gasteiger partial charge in [-0.2, -0.15) is 0 Å². The summed E-state index contributed by atoms with van der Waals surface area (Å²) < 4.78 is 10.8. The number of carboxylic acids is 1. The number of hydrogen-bond donors (Lipinski definition) is 5. The van der Waals surface area contributed by atoms with Crippen molar-refractivity contribution < 1.29 is 34.4 Å². The molecule has 2 aromatic carbocycles. The zero-order valence-corrected chi connectivity index (χ0v) is 29.3. The van der Waals surface area contributed by atoms with E-state index in [4.69, 9.17) is 25.4 Å². The van der Waals surface area contributed by atoms with Gasteiger partial charge in [0.25, 0.3) is 0 Å². The molecule has 0 saturated heterocycles. The van der Waals surface area contributed by atoms with E-state index in [9.17, 15) is 14.7 Å². The Balaban J connectivity index is 0.000000189. The Labute approximate surface area is 299 Å². The number of pyridine rings is 2. The quantitative estimate of drug-likeness (QED) is 0.106. The first-order valence-electron chi connectivity index (χ1n) is 17.6. The number of aliphatic carboxylic acids is 1. The van der Waals surface area contributed by atoms with E-state index in [2.05, 4.69) is 27.4 Å². The molecular weight excluding hydrogens is 648 g/mol. The number of rotatable bonds is 15. The van der Waals surface area contributed by atoms with E-state index < -0.39 is 12.0 Å². The van der Waals surface area contributed by atoms with E-state index >= 15 is 0 Å². The van der Waals surface area contributed by atoms with Gasteiger partial charge in [-0.25, -0.2) is 9.97 Å². The molecule has 4 aromatic rings. The van der Waals surface area contributed by atoms with Crippen LogP contribution in [0.1, 0.15) is 85.7 Å². The summed E-state index contributed by atoms with van der Waals surface area (Å²) >= 11 is 0. The molecule has 11 nitrogen and oxygen atoms in total. The van der Waals surface area contributed by atoms with Crippen molar-refractivity contribution >= 4 is 11.9 Å². The average molecular weight is 699 g/mol. The lowest BCUT2D eigenvalue weighted by molar-refractivity contribution is -0.138. The number of amides is 1. The maximum atomic E-state index is 12.5. The third kappa shape index (κ3) is 12.2. The van der Waals surface area contributed by atoms with Crippen LogP contribution in [0.15, 0.2) is 97.3 Å². The molecular formula is C40H50N4O7. The molecule has 0 unspecified atom stereocenters. The minimum Gasteiger partial charge on any atom is -0.481 e. The lowest BCUT2D eigenvalue weighted by atomic mass is 10.1. The van der Waals surface area contributed by atoms with Crippen LogP contribution in [0.4, 0.5) is 0 Å². The fourth-order valence-electron chi connectivity index (χ4n) is 5.50. The average Bonchev–Trinajstić information content (AvgIpc) is 4.12. The van der Waals surface area contributed by atoms with Gasteiger partial charge < -0.3 is 35.8 Å². The van der Waals surface area contributed by atoms with E-state index in [1.165, 1.54) is 5.56 Å². The molecule has 2 heterocycles. The highest BCUT2D eigenvalue weighted by molar-refractivity contribution is 5.83. The lowest BCUT2D eigenvalue weighted by Crippen LogP contribution is -2.32. The maximum absolute atomic E-state index is 12.5. The van der Waals surface area contributed by atoms with Crippen molar-refractivity contribution in [1.29, 1.82) is 0 Å². The fourth-order valence-corrected chi connectivity index (χ4v) is 5.50. The molecule has 2 aromatic heterocycles. The molecule has 2 saturated carbocycles. The highest BCUT2D eigenvalue weighted by Gasteiger charge is 2.44. The summed E-state index contributed by atoms with van der Waals surface area (Å²) in [6.45, 7) is 5.12. The number of nitrogens with zero attached hydrogens (tertiary/aromatic N) is 2. The Bertz CT molecular complexity index is 1610. The smallest absolute Gasteiger partial charge is 0.307 e. The van der Waals surface area contributed by atoms with Crippen molar-refractivity contribution in [2.45, 2.75) is 63.5 Å². The second-order valence-corrected chi connectivity index (χ2v) is 12.6. The SMILES string of the molecule is CCCOc1ccc([C@@H](N)CO)cn1.CCCOc1ccc([C@H](CO)NC(=O)[C@H]2C[C@@H]2c2ccccc2)cn1.O=C(O)[C@H]1C[C@@H]1c1ccccc1.